The summed E-state index contributed by atoms with van der Waals surface area (Å²) in [4.78, 5) is 12.5. The fourth-order valence-electron chi connectivity index (χ4n) is 3.01. The minimum absolute atomic E-state index is 0.0403. The van der Waals surface area contributed by atoms with Crippen molar-refractivity contribution in [2.24, 2.45) is 0 Å². The number of amides is 1. The van der Waals surface area contributed by atoms with Crippen LogP contribution in [0.5, 0.6) is 11.5 Å². The first-order valence-corrected chi connectivity index (χ1v) is 10.3. The highest BCUT2D eigenvalue weighted by molar-refractivity contribution is 7.89. The molecule has 2 aromatic rings. The Hall–Kier alpha value is -2.72. The average Bonchev–Trinajstić information content (AvgIpc) is 3.24. The summed E-state index contributed by atoms with van der Waals surface area (Å²) in [6.07, 6.45) is 1.57. The number of anilines is 1. The highest BCUT2D eigenvalue weighted by Crippen LogP contribution is 2.30. The van der Waals surface area contributed by atoms with Gasteiger partial charge in [0.1, 0.15) is 16.4 Å². The smallest absolute Gasteiger partial charge is 0.387 e. The summed E-state index contributed by atoms with van der Waals surface area (Å²) in [7, 11) is -2.42. The number of nitrogens with zero attached hydrogens (tertiary/aromatic N) is 1. The molecule has 1 fully saturated rings. The molecule has 1 aliphatic heterocycles. The lowest BCUT2D eigenvalue weighted by molar-refractivity contribution is -0.0498. The van der Waals surface area contributed by atoms with Crippen LogP contribution in [0.3, 0.4) is 0 Å². The second-order valence-corrected chi connectivity index (χ2v) is 8.24. The molecule has 1 saturated heterocycles. The molecule has 0 aromatic heterocycles. The van der Waals surface area contributed by atoms with Crippen LogP contribution in [0.15, 0.2) is 47.4 Å². The van der Waals surface area contributed by atoms with E-state index in [1.807, 2.05) is 0 Å². The predicted octanol–water partition coefficient (Wildman–Crippen LogP) is 3.33. The van der Waals surface area contributed by atoms with Crippen LogP contribution in [0.4, 0.5) is 14.5 Å². The monoisotopic (exact) mass is 426 g/mol. The van der Waals surface area contributed by atoms with E-state index < -0.39 is 22.5 Å². The number of hydrogen-bond donors (Lipinski definition) is 1. The Balaban J connectivity index is 1.82. The van der Waals surface area contributed by atoms with Gasteiger partial charge in [0, 0.05) is 24.3 Å². The SMILES string of the molecule is COc1ccc(C(=O)Nc2ccc(OC(F)F)cc2)cc1S(=O)(=O)N1CCCC1. The Morgan fingerprint density at radius 2 is 1.76 bits per heavy atom. The molecule has 1 aliphatic rings. The van der Waals surface area contributed by atoms with Crippen molar-refractivity contribution >= 4 is 21.6 Å². The molecular formula is C19H20F2N2O5S. The Labute approximate surface area is 167 Å². The van der Waals surface area contributed by atoms with E-state index >= 15 is 0 Å². The van der Waals surface area contributed by atoms with Crippen LogP contribution < -0.4 is 14.8 Å². The molecule has 10 heteroatoms. The van der Waals surface area contributed by atoms with Gasteiger partial charge in [-0.3, -0.25) is 4.79 Å². The third-order valence-corrected chi connectivity index (χ3v) is 6.37. The normalized spacial score (nSPS) is 14.8. The van der Waals surface area contributed by atoms with Crippen molar-refractivity contribution < 1.29 is 31.5 Å². The third-order valence-electron chi connectivity index (χ3n) is 4.45. The summed E-state index contributed by atoms with van der Waals surface area (Å²) in [5, 5.41) is 2.59. The zero-order valence-electron chi connectivity index (χ0n) is 15.6. The molecule has 0 bridgehead atoms. The van der Waals surface area contributed by atoms with E-state index in [9.17, 15) is 22.0 Å². The molecule has 1 amide bonds. The summed E-state index contributed by atoms with van der Waals surface area (Å²) >= 11 is 0. The molecule has 0 radical (unpaired) electrons. The lowest BCUT2D eigenvalue weighted by atomic mass is 10.2. The number of sulfonamides is 1. The first kappa shape index (κ1) is 21.0. The molecule has 156 valence electrons. The van der Waals surface area contributed by atoms with Crippen LogP contribution in [0.25, 0.3) is 0 Å². The standard InChI is InChI=1S/C19H20F2N2O5S/c1-27-16-9-4-13(12-17(16)29(25,26)23-10-2-3-11-23)18(24)22-14-5-7-15(8-6-14)28-19(20)21/h4-9,12,19H,2-3,10-11H2,1H3,(H,22,24). The van der Waals surface area contributed by atoms with Crippen molar-refractivity contribution in [1.82, 2.24) is 4.31 Å². The number of nitrogens with one attached hydrogen (secondary N) is 1. The van der Waals surface area contributed by atoms with E-state index in [1.165, 1.54) is 53.9 Å². The summed E-state index contributed by atoms with van der Waals surface area (Å²) < 4.78 is 61.0. The lowest BCUT2D eigenvalue weighted by Crippen LogP contribution is -2.28. The van der Waals surface area contributed by atoms with Crippen LogP contribution in [-0.4, -0.2) is 45.4 Å². The van der Waals surface area contributed by atoms with E-state index in [1.54, 1.807) is 0 Å². The number of halogens is 2. The largest absolute Gasteiger partial charge is 0.495 e. The van der Waals surface area contributed by atoms with Gasteiger partial charge in [-0.25, -0.2) is 8.42 Å². The second-order valence-electron chi connectivity index (χ2n) is 6.33. The van der Waals surface area contributed by atoms with E-state index in [2.05, 4.69) is 10.1 Å². The summed E-state index contributed by atoms with van der Waals surface area (Å²) in [5.74, 6) is -0.434. The number of alkyl halides is 2. The summed E-state index contributed by atoms with van der Waals surface area (Å²) in [5.41, 5.74) is 0.466. The second kappa shape index (κ2) is 8.75. The highest BCUT2D eigenvalue weighted by atomic mass is 32.2. The number of benzene rings is 2. The van der Waals surface area contributed by atoms with Crippen molar-refractivity contribution in [1.29, 1.82) is 0 Å². The first-order valence-electron chi connectivity index (χ1n) is 8.85. The van der Waals surface area contributed by atoms with Gasteiger partial charge in [-0.05, 0) is 55.3 Å². The highest BCUT2D eigenvalue weighted by Gasteiger charge is 2.30. The van der Waals surface area contributed by atoms with Gasteiger partial charge in [-0.1, -0.05) is 0 Å². The molecule has 0 unspecified atom stereocenters. The topological polar surface area (TPSA) is 84.9 Å². The summed E-state index contributed by atoms with van der Waals surface area (Å²) in [6.45, 7) is -2.09. The molecule has 3 rings (SSSR count). The van der Waals surface area contributed by atoms with Gasteiger partial charge in [0.05, 0.1) is 7.11 Å². The Morgan fingerprint density at radius 3 is 2.34 bits per heavy atom. The predicted molar refractivity (Wildman–Crippen MR) is 102 cm³/mol. The van der Waals surface area contributed by atoms with Crippen molar-refractivity contribution in [3.8, 4) is 11.5 Å². The van der Waals surface area contributed by atoms with Gasteiger partial charge in [0.25, 0.3) is 5.91 Å². The first-order chi connectivity index (χ1) is 13.8. The molecule has 1 heterocycles. The molecule has 0 saturated carbocycles. The molecule has 0 atom stereocenters. The van der Waals surface area contributed by atoms with E-state index in [-0.39, 0.29) is 22.0 Å². The molecule has 2 aromatic carbocycles. The molecular weight excluding hydrogens is 406 g/mol. The minimum atomic E-state index is -3.79. The Kier molecular flexibility index (Phi) is 6.33. The van der Waals surface area contributed by atoms with Gasteiger partial charge in [-0.15, -0.1) is 0 Å². The maximum Gasteiger partial charge on any atom is 0.387 e. The van der Waals surface area contributed by atoms with Crippen molar-refractivity contribution in [3.63, 3.8) is 0 Å². The van der Waals surface area contributed by atoms with Crippen LogP contribution in [0.1, 0.15) is 23.2 Å². The van der Waals surface area contributed by atoms with Crippen molar-refractivity contribution in [2.75, 3.05) is 25.5 Å². The number of rotatable bonds is 7. The fraction of sp³-hybridized carbons (Fsp3) is 0.316. The Bertz CT molecular complexity index is 975. The summed E-state index contributed by atoms with van der Waals surface area (Å²) in [6, 6.07) is 9.54. The number of carbonyl (C=O) groups excluding carboxylic acids is 1. The van der Waals surface area contributed by atoms with Crippen LogP contribution in [0.2, 0.25) is 0 Å². The van der Waals surface area contributed by atoms with Gasteiger partial charge in [0.15, 0.2) is 0 Å². The lowest BCUT2D eigenvalue weighted by Gasteiger charge is -2.18. The van der Waals surface area contributed by atoms with Gasteiger partial charge in [-0.2, -0.15) is 13.1 Å². The van der Waals surface area contributed by atoms with E-state index in [0.717, 1.165) is 12.8 Å². The number of hydrogen-bond acceptors (Lipinski definition) is 5. The molecule has 29 heavy (non-hydrogen) atoms. The van der Waals surface area contributed by atoms with Gasteiger partial charge in [0.2, 0.25) is 10.0 Å². The van der Waals surface area contributed by atoms with E-state index in [0.29, 0.717) is 18.8 Å². The minimum Gasteiger partial charge on any atom is -0.495 e. The van der Waals surface area contributed by atoms with Crippen molar-refractivity contribution in [2.45, 2.75) is 24.3 Å². The zero-order valence-corrected chi connectivity index (χ0v) is 16.4. The zero-order chi connectivity index (χ0) is 21.0. The fourth-order valence-corrected chi connectivity index (χ4v) is 4.71. The van der Waals surface area contributed by atoms with Gasteiger partial charge < -0.3 is 14.8 Å². The number of carbonyl (C=O) groups is 1. The Morgan fingerprint density at radius 1 is 1.10 bits per heavy atom. The van der Waals surface area contributed by atoms with Crippen LogP contribution in [0, 0.1) is 0 Å². The maximum atomic E-state index is 12.9. The van der Waals surface area contributed by atoms with Crippen LogP contribution in [-0.2, 0) is 10.0 Å². The third kappa shape index (κ3) is 4.83. The van der Waals surface area contributed by atoms with Crippen LogP contribution >= 0.6 is 0 Å². The number of ether oxygens (including phenoxy) is 2. The number of methoxy groups -OCH3 is 1. The van der Waals surface area contributed by atoms with Crippen molar-refractivity contribution in [3.05, 3.63) is 48.0 Å². The molecule has 0 spiro atoms. The molecule has 0 aliphatic carbocycles. The van der Waals surface area contributed by atoms with Gasteiger partial charge >= 0.3 is 6.61 Å². The molecule has 1 N–H and O–H groups in total. The maximum absolute atomic E-state index is 12.9. The molecule has 7 nitrogen and oxygen atoms in total. The quantitative estimate of drug-likeness (QED) is 0.734. The van der Waals surface area contributed by atoms with E-state index in [4.69, 9.17) is 4.74 Å². The average molecular weight is 426 g/mol.